The number of hydrogen-bond acceptors (Lipinski definition) is 2. The Kier molecular flexibility index (Phi) is 2.47. The molecule has 0 spiro atoms. The zero-order valence-electron chi connectivity index (χ0n) is 10.5. The smallest absolute Gasteiger partial charge is 0.158 e. The number of fused-ring (bicyclic) bond motifs is 3. The Labute approximate surface area is 120 Å². The number of nitrogens with zero attached hydrogens (tertiary/aromatic N) is 3. The highest BCUT2D eigenvalue weighted by Gasteiger charge is 2.10. The van der Waals surface area contributed by atoms with Crippen molar-refractivity contribution in [2.75, 3.05) is 0 Å². The number of benzene rings is 2. The molecular weight excluding hydrogens is 270 g/mol. The maximum atomic E-state index is 6.24. The molecule has 4 aromatic rings. The molecule has 2 heterocycles. The molecule has 0 bridgehead atoms. The van der Waals surface area contributed by atoms with E-state index in [2.05, 4.69) is 10.1 Å². The van der Waals surface area contributed by atoms with Gasteiger partial charge in [-0.2, -0.15) is 5.10 Å². The first-order chi connectivity index (χ1) is 9.83. The summed E-state index contributed by atoms with van der Waals surface area (Å²) in [7, 11) is 0. The first kappa shape index (κ1) is 11.4. The first-order valence-corrected chi connectivity index (χ1v) is 6.70. The molecule has 0 aliphatic rings. The fraction of sp³-hybridized carbons (Fsp3) is 0. The lowest BCUT2D eigenvalue weighted by molar-refractivity contribution is 0.988. The molecule has 0 atom stereocenters. The Morgan fingerprint density at radius 1 is 0.900 bits per heavy atom. The van der Waals surface area contributed by atoms with Crippen molar-refractivity contribution in [3.05, 3.63) is 65.8 Å². The Hall–Kier alpha value is -2.39. The molecule has 4 heteroatoms. The highest BCUT2D eigenvalue weighted by Crippen LogP contribution is 2.25. The van der Waals surface area contributed by atoms with Gasteiger partial charge in [-0.25, -0.2) is 9.50 Å². The van der Waals surface area contributed by atoms with Crippen LogP contribution >= 0.6 is 11.6 Å². The van der Waals surface area contributed by atoms with E-state index in [1.54, 1.807) is 0 Å². The van der Waals surface area contributed by atoms with Gasteiger partial charge in [0.15, 0.2) is 5.65 Å². The summed E-state index contributed by atoms with van der Waals surface area (Å²) in [6.45, 7) is 0. The average Bonchev–Trinajstić information content (AvgIpc) is 2.93. The van der Waals surface area contributed by atoms with Crippen molar-refractivity contribution in [3.63, 3.8) is 0 Å². The summed E-state index contributed by atoms with van der Waals surface area (Å²) in [5.41, 5.74) is 3.68. The Bertz CT molecular complexity index is 913. The standard InChI is InChI=1S/C16H10ClN3/c17-16-12-8-4-5-9-14(12)20-15(18-16)10-13(19-20)11-6-2-1-3-7-11/h1-10H. The summed E-state index contributed by atoms with van der Waals surface area (Å²) < 4.78 is 1.84. The highest BCUT2D eigenvalue weighted by molar-refractivity contribution is 6.34. The van der Waals surface area contributed by atoms with E-state index < -0.39 is 0 Å². The maximum absolute atomic E-state index is 6.24. The number of hydrogen-bond donors (Lipinski definition) is 0. The molecule has 4 rings (SSSR count). The topological polar surface area (TPSA) is 30.2 Å². The summed E-state index contributed by atoms with van der Waals surface area (Å²) in [6, 6.07) is 19.9. The SMILES string of the molecule is Clc1nc2cc(-c3ccccc3)nn2c2ccccc12. The summed E-state index contributed by atoms with van der Waals surface area (Å²) in [5.74, 6) is 0. The van der Waals surface area contributed by atoms with Crippen molar-refractivity contribution in [3.8, 4) is 11.3 Å². The monoisotopic (exact) mass is 279 g/mol. The van der Waals surface area contributed by atoms with Gasteiger partial charge < -0.3 is 0 Å². The molecule has 0 amide bonds. The van der Waals surface area contributed by atoms with Crippen molar-refractivity contribution in [1.29, 1.82) is 0 Å². The van der Waals surface area contributed by atoms with Crippen LogP contribution in [0.5, 0.6) is 0 Å². The van der Waals surface area contributed by atoms with E-state index >= 15 is 0 Å². The molecule has 3 nitrogen and oxygen atoms in total. The normalized spacial score (nSPS) is 11.2. The summed E-state index contributed by atoms with van der Waals surface area (Å²) in [5, 5.41) is 6.06. The van der Waals surface area contributed by atoms with E-state index in [1.165, 1.54) is 0 Å². The van der Waals surface area contributed by atoms with Gasteiger partial charge in [-0.1, -0.05) is 54.1 Å². The van der Waals surface area contributed by atoms with E-state index in [-0.39, 0.29) is 0 Å². The van der Waals surface area contributed by atoms with Crippen LogP contribution in [0, 0.1) is 0 Å². The molecule has 0 saturated heterocycles. The van der Waals surface area contributed by atoms with Gasteiger partial charge in [0, 0.05) is 17.0 Å². The van der Waals surface area contributed by atoms with E-state index in [0.717, 1.165) is 27.8 Å². The van der Waals surface area contributed by atoms with E-state index in [0.29, 0.717) is 5.15 Å². The molecule has 0 N–H and O–H groups in total. The van der Waals surface area contributed by atoms with E-state index in [4.69, 9.17) is 11.6 Å². The fourth-order valence-electron chi connectivity index (χ4n) is 2.37. The minimum atomic E-state index is 0.507. The molecule has 0 unspecified atom stereocenters. The van der Waals surface area contributed by atoms with Gasteiger partial charge in [0.05, 0.1) is 11.2 Å². The van der Waals surface area contributed by atoms with Crippen LogP contribution in [-0.4, -0.2) is 14.6 Å². The lowest BCUT2D eigenvalue weighted by Crippen LogP contribution is -1.93. The molecule has 96 valence electrons. The highest BCUT2D eigenvalue weighted by atomic mass is 35.5. The number of rotatable bonds is 1. The van der Waals surface area contributed by atoms with Crippen molar-refractivity contribution in [2.45, 2.75) is 0 Å². The second-order valence-electron chi connectivity index (χ2n) is 4.59. The van der Waals surface area contributed by atoms with Gasteiger partial charge in [0.1, 0.15) is 5.15 Å². The molecule has 2 aromatic carbocycles. The summed E-state index contributed by atoms with van der Waals surface area (Å²) in [4.78, 5) is 4.42. The fourth-order valence-corrected chi connectivity index (χ4v) is 2.62. The Balaban J connectivity index is 2.07. The minimum absolute atomic E-state index is 0.507. The molecule has 20 heavy (non-hydrogen) atoms. The number of para-hydroxylation sites is 1. The van der Waals surface area contributed by atoms with Gasteiger partial charge in [-0.15, -0.1) is 0 Å². The van der Waals surface area contributed by atoms with Crippen LogP contribution in [-0.2, 0) is 0 Å². The van der Waals surface area contributed by atoms with Crippen LogP contribution in [0.15, 0.2) is 60.7 Å². The number of aromatic nitrogens is 3. The van der Waals surface area contributed by atoms with Crippen molar-refractivity contribution >= 4 is 28.2 Å². The maximum Gasteiger partial charge on any atom is 0.158 e. The van der Waals surface area contributed by atoms with E-state index in [9.17, 15) is 0 Å². The third-order valence-corrected chi connectivity index (χ3v) is 3.62. The van der Waals surface area contributed by atoms with Gasteiger partial charge in [-0.3, -0.25) is 0 Å². The van der Waals surface area contributed by atoms with Crippen molar-refractivity contribution in [2.24, 2.45) is 0 Å². The zero-order chi connectivity index (χ0) is 13.5. The molecular formula is C16H10ClN3. The van der Waals surface area contributed by atoms with E-state index in [1.807, 2.05) is 65.2 Å². The van der Waals surface area contributed by atoms with Gasteiger partial charge in [0.2, 0.25) is 0 Å². The summed E-state index contributed by atoms with van der Waals surface area (Å²) in [6.07, 6.45) is 0. The quantitative estimate of drug-likeness (QED) is 0.489. The van der Waals surface area contributed by atoms with Crippen LogP contribution in [0.1, 0.15) is 0 Å². The minimum Gasteiger partial charge on any atom is -0.216 e. The molecule has 0 aliphatic heterocycles. The van der Waals surface area contributed by atoms with Crippen LogP contribution < -0.4 is 0 Å². The van der Waals surface area contributed by atoms with Crippen molar-refractivity contribution in [1.82, 2.24) is 14.6 Å². The van der Waals surface area contributed by atoms with Crippen molar-refractivity contribution < 1.29 is 0 Å². The van der Waals surface area contributed by atoms with Crippen LogP contribution in [0.3, 0.4) is 0 Å². The van der Waals surface area contributed by atoms with Crippen LogP contribution in [0.2, 0.25) is 5.15 Å². The molecule has 0 aliphatic carbocycles. The van der Waals surface area contributed by atoms with Gasteiger partial charge in [-0.05, 0) is 12.1 Å². The molecule has 2 aromatic heterocycles. The zero-order valence-corrected chi connectivity index (χ0v) is 11.2. The molecule has 0 radical (unpaired) electrons. The predicted octanol–water partition coefficient (Wildman–Crippen LogP) is 4.20. The van der Waals surface area contributed by atoms with Crippen LogP contribution in [0.25, 0.3) is 27.8 Å². The third-order valence-electron chi connectivity index (χ3n) is 3.33. The second kappa shape index (κ2) is 4.32. The lowest BCUT2D eigenvalue weighted by Gasteiger charge is -2.02. The largest absolute Gasteiger partial charge is 0.216 e. The molecule has 0 saturated carbocycles. The lowest BCUT2D eigenvalue weighted by atomic mass is 10.2. The summed E-state index contributed by atoms with van der Waals surface area (Å²) >= 11 is 6.24. The second-order valence-corrected chi connectivity index (χ2v) is 4.94. The van der Waals surface area contributed by atoms with Gasteiger partial charge >= 0.3 is 0 Å². The third kappa shape index (κ3) is 1.67. The molecule has 0 fully saturated rings. The average molecular weight is 280 g/mol. The Morgan fingerprint density at radius 2 is 1.65 bits per heavy atom. The number of halogens is 1. The van der Waals surface area contributed by atoms with Gasteiger partial charge in [0.25, 0.3) is 0 Å². The first-order valence-electron chi connectivity index (χ1n) is 6.32. The predicted molar refractivity (Wildman–Crippen MR) is 80.9 cm³/mol. The Morgan fingerprint density at radius 3 is 2.50 bits per heavy atom. The van der Waals surface area contributed by atoms with Crippen LogP contribution in [0.4, 0.5) is 0 Å².